The Labute approximate surface area is 115 Å². The second kappa shape index (κ2) is 884. The maximum atomic E-state index is 0. The fraction of sp³-hybridized carbons (Fsp3) is 0. The molecule has 0 radical (unpaired) electrons. The Balaban J connectivity index is 0. The smallest absolute Gasteiger partial charge is 1.00 e. The molecule has 16 N–H and O–H groups in total. The van der Waals surface area contributed by atoms with E-state index in [4.69, 9.17) is 0 Å². The van der Waals surface area contributed by atoms with Crippen LogP contribution in [-0.4, -0.2) is 43.8 Å². The van der Waals surface area contributed by atoms with Crippen LogP contribution in [0.1, 0.15) is 0 Å². The maximum absolute atomic E-state index is 0. The number of hydrogen-bond acceptors (Lipinski definition) is 0. The summed E-state index contributed by atoms with van der Waals surface area (Å²) in [5, 5.41) is 0. The molecule has 0 spiro atoms. The zero-order valence-electron chi connectivity index (χ0n) is 6.01. The molecule has 0 aromatic rings. The molecule has 8 nitrogen and oxygen atoms in total. The van der Waals surface area contributed by atoms with Crippen LogP contribution < -0.4 is 49.6 Å². The Bertz CT molecular complexity index is 16.1. The summed E-state index contributed by atoms with van der Waals surface area (Å²) in [6.45, 7) is 0. The summed E-state index contributed by atoms with van der Waals surface area (Å²) in [4.78, 5) is 0. The molecule has 0 rings (SSSR count). The summed E-state index contributed by atoms with van der Waals surface area (Å²) in [6.07, 6.45) is 0. The van der Waals surface area contributed by atoms with Gasteiger partial charge < -0.3 is 93.4 Å². The second-order valence-corrected chi connectivity index (χ2v) is 0. The van der Waals surface area contributed by atoms with Crippen molar-refractivity contribution in [1.82, 2.24) is 0 Å². The topological polar surface area (TPSA) is 252 Å². The summed E-state index contributed by atoms with van der Waals surface area (Å²) >= 11 is 0. The minimum absolute atomic E-state index is 0. The van der Waals surface area contributed by atoms with E-state index in [0.29, 0.717) is 0 Å². The van der Waals surface area contributed by atoms with Gasteiger partial charge in [-0.25, -0.2) is 0 Å². The van der Waals surface area contributed by atoms with Gasteiger partial charge in [-0.2, -0.15) is 0 Å². The van der Waals surface area contributed by atoms with Crippen molar-refractivity contribution in [1.29, 1.82) is 0 Å². The van der Waals surface area contributed by atoms with E-state index in [-0.39, 0.29) is 115 Å². The van der Waals surface area contributed by atoms with Crippen molar-refractivity contribution in [3.63, 3.8) is 0 Å². The molecular formula is H16Cl4O8Ti. The van der Waals surface area contributed by atoms with Crippen LogP contribution >= 0.6 is 0 Å². The van der Waals surface area contributed by atoms with Gasteiger partial charge in [0.05, 0.1) is 0 Å². The van der Waals surface area contributed by atoms with Gasteiger partial charge in [0.2, 0.25) is 0 Å². The zero-order chi connectivity index (χ0) is 0. The first-order valence-corrected chi connectivity index (χ1v) is 0. The molecule has 0 heterocycles. The number of rotatable bonds is 0. The van der Waals surface area contributed by atoms with E-state index < -0.39 is 0 Å². The summed E-state index contributed by atoms with van der Waals surface area (Å²) in [5.41, 5.74) is 0. The van der Waals surface area contributed by atoms with E-state index in [1.807, 2.05) is 0 Å². The van der Waals surface area contributed by atoms with Crippen molar-refractivity contribution in [3.05, 3.63) is 0 Å². The summed E-state index contributed by atoms with van der Waals surface area (Å²) in [6, 6.07) is 0. The molecule has 0 aromatic heterocycles. The molecule has 0 saturated heterocycles. The average Bonchev–Trinajstić information content (AvgIpc) is 0. The molecule has 13 heteroatoms. The van der Waals surface area contributed by atoms with Crippen LogP contribution in [0.4, 0.5) is 0 Å². The Morgan fingerprint density at radius 3 is 0.231 bits per heavy atom. The minimum atomic E-state index is 0. The van der Waals surface area contributed by atoms with E-state index in [1.54, 1.807) is 0 Å². The van der Waals surface area contributed by atoms with Gasteiger partial charge in [-0.1, -0.05) is 0 Å². The fourth-order valence-electron chi connectivity index (χ4n) is 0. The van der Waals surface area contributed by atoms with E-state index in [2.05, 4.69) is 0 Å². The standard InChI is InChI=1S/4ClH.8H2O.Ti/h4*1H;8*1H2;/q;;;;;;;;;;;;+4/p-4. The Morgan fingerprint density at radius 1 is 0.231 bits per heavy atom. The van der Waals surface area contributed by atoms with E-state index in [1.165, 1.54) is 0 Å². The normalized spacial score (nSPS) is 0. The monoisotopic (exact) mass is 332 g/mol. The van der Waals surface area contributed by atoms with Gasteiger partial charge in [0.1, 0.15) is 0 Å². The van der Waals surface area contributed by atoms with Crippen molar-refractivity contribution >= 4 is 0 Å². The van der Waals surface area contributed by atoms with E-state index in [9.17, 15) is 0 Å². The fourth-order valence-corrected chi connectivity index (χ4v) is 0. The van der Waals surface area contributed by atoms with Gasteiger partial charge in [-0.3, -0.25) is 0 Å². The van der Waals surface area contributed by atoms with Crippen LogP contribution in [-0.2, 0) is 21.7 Å². The molecule has 0 unspecified atom stereocenters. The summed E-state index contributed by atoms with van der Waals surface area (Å²) in [5.74, 6) is 0. The van der Waals surface area contributed by atoms with Gasteiger partial charge in [-0.15, -0.1) is 0 Å². The molecule has 0 bridgehead atoms. The van der Waals surface area contributed by atoms with Crippen molar-refractivity contribution in [2.24, 2.45) is 0 Å². The van der Waals surface area contributed by atoms with E-state index in [0.717, 1.165) is 0 Å². The molecule has 0 amide bonds. The Hall–Kier alpha value is 1.55. The largest absolute Gasteiger partial charge is 4.00 e. The zero-order valence-corrected chi connectivity index (χ0v) is 10.6. The molecule has 96 valence electrons. The van der Waals surface area contributed by atoms with Crippen LogP contribution in [0.3, 0.4) is 0 Å². The van der Waals surface area contributed by atoms with Crippen molar-refractivity contribution in [3.8, 4) is 0 Å². The third-order valence-electron chi connectivity index (χ3n) is 0. The molecular weight excluding hydrogens is 318 g/mol. The van der Waals surface area contributed by atoms with Gasteiger partial charge in [0, 0.05) is 0 Å². The number of hydrogen-bond donors (Lipinski definition) is 0. The molecule has 0 fully saturated rings. The summed E-state index contributed by atoms with van der Waals surface area (Å²) < 4.78 is 0. The predicted molar refractivity (Wildman–Crippen MR) is 28.9 cm³/mol. The van der Waals surface area contributed by atoms with Gasteiger partial charge in [0.15, 0.2) is 0 Å². The molecule has 0 aliphatic carbocycles. The Kier molecular flexibility index (Phi) is 75300. The average molecular weight is 334 g/mol. The first-order chi connectivity index (χ1) is 0. The SMILES string of the molecule is O.O.O.O.O.O.O.O.[Cl-].[Cl-].[Cl-].[Cl-].[Ti+4]. The second-order valence-electron chi connectivity index (χ2n) is 0. The Morgan fingerprint density at radius 2 is 0.231 bits per heavy atom. The van der Waals surface area contributed by atoms with E-state index >= 15 is 0 Å². The third-order valence-corrected chi connectivity index (χ3v) is 0. The van der Waals surface area contributed by atoms with Crippen LogP contribution in [0.25, 0.3) is 0 Å². The first-order valence-electron chi connectivity index (χ1n) is 0. The van der Waals surface area contributed by atoms with Gasteiger partial charge >= 0.3 is 21.7 Å². The van der Waals surface area contributed by atoms with Crippen molar-refractivity contribution < 1.29 is 115 Å². The van der Waals surface area contributed by atoms with Crippen LogP contribution in [0.2, 0.25) is 0 Å². The third kappa shape index (κ3) is 749. The van der Waals surface area contributed by atoms with Crippen molar-refractivity contribution in [2.75, 3.05) is 0 Å². The molecule has 0 aromatic carbocycles. The first kappa shape index (κ1) is 1110. The molecule has 0 aliphatic rings. The van der Waals surface area contributed by atoms with Gasteiger partial charge in [-0.05, 0) is 0 Å². The molecule has 0 saturated carbocycles. The summed E-state index contributed by atoms with van der Waals surface area (Å²) in [7, 11) is 0. The quantitative estimate of drug-likeness (QED) is 0.374. The van der Waals surface area contributed by atoms with Crippen LogP contribution in [0.15, 0.2) is 0 Å². The van der Waals surface area contributed by atoms with Crippen LogP contribution in [0, 0.1) is 0 Å². The molecule has 0 atom stereocenters. The minimum Gasteiger partial charge on any atom is -1.00 e. The van der Waals surface area contributed by atoms with Gasteiger partial charge in [0.25, 0.3) is 0 Å². The maximum Gasteiger partial charge on any atom is 4.00 e. The molecule has 13 heavy (non-hydrogen) atoms. The predicted octanol–water partition coefficient (Wildman–Crippen LogP) is -18.6. The number of halogens is 4. The van der Waals surface area contributed by atoms with Crippen molar-refractivity contribution in [2.45, 2.75) is 0 Å². The molecule has 0 aliphatic heterocycles. The van der Waals surface area contributed by atoms with Crippen LogP contribution in [0.5, 0.6) is 0 Å².